The van der Waals surface area contributed by atoms with E-state index in [1.807, 2.05) is 20.8 Å². The number of nitrogens with one attached hydrogen (secondary N) is 1. The maximum Gasteiger partial charge on any atom is 0.339 e. The molecule has 0 aliphatic rings. The summed E-state index contributed by atoms with van der Waals surface area (Å²) < 4.78 is 2.91. The van der Waals surface area contributed by atoms with E-state index in [4.69, 9.17) is 5.11 Å². The summed E-state index contributed by atoms with van der Waals surface area (Å²) in [4.78, 5) is 23.4. The van der Waals surface area contributed by atoms with Crippen molar-refractivity contribution in [1.29, 1.82) is 0 Å². The molecule has 0 aromatic carbocycles. The van der Waals surface area contributed by atoms with Crippen molar-refractivity contribution >= 4 is 17.7 Å². The van der Waals surface area contributed by atoms with E-state index >= 15 is 0 Å². The summed E-state index contributed by atoms with van der Waals surface area (Å²) in [6.45, 7) is 5.70. The fourth-order valence-electron chi connectivity index (χ4n) is 2.04. The molecule has 1 amide bonds. The zero-order chi connectivity index (χ0) is 15.7. The van der Waals surface area contributed by atoms with Crippen molar-refractivity contribution in [2.24, 2.45) is 7.05 Å². The largest absolute Gasteiger partial charge is 0.478 e. The van der Waals surface area contributed by atoms with E-state index in [0.717, 1.165) is 11.9 Å². The highest BCUT2D eigenvalue weighted by atomic mass is 16.4. The summed E-state index contributed by atoms with van der Waals surface area (Å²) >= 11 is 0. The van der Waals surface area contributed by atoms with E-state index in [-0.39, 0.29) is 17.3 Å². The van der Waals surface area contributed by atoms with Crippen LogP contribution in [0.2, 0.25) is 0 Å². The van der Waals surface area contributed by atoms with Gasteiger partial charge in [0.15, 0.2) is 0 Å². The molecule has 0 spiro atoms. The van der Waals surface area contributed by atoms with Gasteiger partial charge < -0.3 is 10.4 Å². The molecular formula is C13H17N5O3. The highest BCUT2D eigenvalue weighted by Gasteiger charge is 2.23. The van der Waals surface area contributed by atoms with Crippen LogP contribution >= 0.6 is 0 Å². The maximum absolute atomic E-state index is 12.3. The number of aromatic carboxylic acids is 1. The van der Waals surface area contributed by atoms with Crippen LogP contribution in [-0.4, -0.2) is 36.5 Å². The Bertz CT molecular complexity index is 699. The van der Waals surface area contributed by atoms with Crippen molar-refractivity contribution in [3.63, 3.8) is 0 Å². The van der Waals surface area contributed by atoms with Gasteiger partial charge in [0.25, 0.3) is 5.91 Å². The second-order valence-electron chi connectivity index (χ2n) is 5.00. The summed E-state index contributed by atoms with van der Waals surface area (Å²) in [5.41, 5.74) is 0.626. The fourth-order valence-corrected chi connectivity index (χ4v) is 2.04. The first-order valence-corrected chi connectivity index (χ1v) is 6.44. The number of nitrogens with zero attached hydrogens (tertiary/aromatic N) is 4. The van der Waals surface area contributed by atoms with E-state index in [2.05, 4.69) is 15.5 Å². The van der Waals surface area contributed by atoms with Crippen LogP contribution in [0.1, 0.15) is 46.4 Å². The van der Waals surface area contributed by atoms with Crippen molar-refractivity contribution in [2.45, 2.75) is 26.8 Å². The molecule has 21 heavy (non-hydrogen) atoms. The van der Waals surface area contributed by atoms with Gasteiger partial charge in [0, 0.05) is 19.2 Å². The highest BCUT2D eigenvalue weighted by molar-refractivity contribution is 6.09. The third kappa shape index (κ3) is 2.78. The fraction of sp³-hybridized carbons (Fsp3) is 0.385. The average Bonchev–Trinajstić information content (AvgIpc) is 2.92. The molecule has 0 aliphatic heterocycles. The summed E-state index contributed by atoms with van der Waals surface area (Å²) in [6.07, 6.45) is 1.15. The van der Waals surface area contributed by atoms with Crippen LogP contribution in [0.5, 0.6) is 0 Å². The molecule has 2 aromatic heterocycles. The Balaban J connectivity index is 2.35. The minimum atomic E-state index is -1.19. The monoisotopic (exact) mass is 291 g/mol. The highest BCUT2D eigenvalue weighted by Crippen LogP contribution is 2.18. The van der Waals surface area contributed by atoms with Crippen molar-refractivity contribution in [1.82, 2.24) is 19.6 Å². The normalized spacial score (nSPS) is 10.9. The van der Waals surface area contributed by atoms with Crippen LogP contribution in [0, 0.1) is 6.92 Å². The Morgan fingerprint density at radius 2 is 2.05 bits per heavy atom. The summed E-state index contributed by atoms with van der Waals surface area (Å²) in [5.74, 6) is -1.21. The lowest BCUT2D eigenvalue weighted by Crippen LogP contribution is -2.21. The molecule has 2 heterocycles. The molecule has 8 nitrogen and oxygen atoms in total. The first-order chi connectivity index (χ1) is 9.81. The van der Waals surface area contributed by atoms with Crippen LogP contribution in [-0.2, 0) is 7.05 Å². The summed E-state index contributed by atoms with van der Waals surface area (Å²) in [7, 11) is 1.52. The summed E-state index contributed by atoms with van der Waals surface area (Å²) in [6, 6.07) is 1.80. The zero-order valence-electron chi connectivity index (χ0n) is 12.3. The van der Waals surface area contributed by atoms with Crippen LogP contribution < -0.4 is 5.32 Å². The molecule has 0 saturated carbocycles. The number of hydrogen-bond donors (Lipinski definition) is 2. The van der Waals surface area contributed by atoms with Gasteiger partial charge in [-0.1, -0.05) is 0 Å². The van der Waals surface area contributed by atoms with Gasteiger partial charge in [0.2, 0.25) is 0 Å². The molecule has 0 fully saturated rings. The lowest BCUT2D eigenvalue weighted by molar-refractivity contribution is 0.0692. The predicted octanol–water partition coefficient (Wildman–Crippen LogP) is 1.46. The lowest BCUT2D eigenvalue weighted by Gasteiger charge is -2.12. The Morgan fingerprint density at radius 3 is 2.62 bits per heavy atom. The zero-order valence-corrected chi connectivity index (χ0v) is 12.3. The van der Waals surface area contributed by atoms with Crippen molar-refractivity contribution in [2.75, 3.05) is 5.32 Å². The first kappa shape index (κ1) is 14.8. The smallest absolute Gasteiger partial charge is 0.339 e. The first-order valence-electron chi connectivity index (χ1n) is 6.44. The minimum absolute atomic E-state index is 0.00309. The van der Waals surface area contributed by atoms with E-state index in [1.54, 1.807) is 10.7 Å². The van der Waals surface area contributed by atoms with Gasteiger partial charge in [-0.25, -0.2) is 9.48 Å². The molecule has 0 aliphatic carbocycles. The van der Waals surface area contributed by atoms with Gasteiger partial charge in [-0.2, -0.15) is 10.2 Å². The molecule has 0 saturated heterocycles. The molecule has 2 rings (SSSR count). The number of carboxylic acids is 1. The number of aryl methyl sites for hydroxylation is 2. The van der Waals surface area contributed by atoms with Gasteiger partial charge in [0.1, 0.15) is 17.1 Å². The number of carboxylic acid groups (broad SMARTS) is 1. The molecule has 2 aromatic rings. The number of carbonyl (C=O) groups excluding carboxylic acids is 1. The Hall–Kier alpha value is -2.64. The SMILES string of the molecule is Cc1cc(NC(=O)c2c(C(=O)O)cnn2C)n(C(C)C)n1. The van der Waals surface area contributed by atoms with Gasteiger partial charge in [0.05, 0.1) is 11.9 Å². The third-order valence-electron chi connectivity index (χ3n) is 2.97. The Labute approximate surface area is 121 Å². The van der Waals surface area contributed by atoms with E-state index in [0.29, 0.717) is 5.82 Å². The number of amides is 1. The van der Waals surface area contributed by atoms with Crippen molar-refractivity contribution in [3.8, 4) is 0 Å². The molecular weight excluding hydrogens is 274 g/mol. The van der Waals surface area contributed by atoms with Crippen LogP contribution in [0.4, 0.5) is 5.82 Å². The predicted molar refractivity (Wildman–Crippen MR) is 75.5 cm³/mol. The molecule has 112 valence electrons. The van der Waals surface area contributed by atoms with Crippen LogP contribution in [0.15, 0.2) is 12.3 Å². The molecule has 8 heteroatoms. The number of anilines is 1. The number of rotatable bonds is 4. The van der Waals surface area contributed by atoms with Crippen LogP contribution in [0.25, 0.3) is 0 Å². The second-order valence-corrected chi connectivity index (χ2v) is 5.00. The molecule has 0 unspecified atom stereocenters. The third-order valence-corrected chi connectivity index (χ3v) is 2.97. The lowest BCUT2D eigenvalue weighted by atomic mass is 10.2. The molecule has 0 bridgehead atoms. The van der Waals surface area contributed by atoms with Crippen molar-refractivity contribution in [3.05, 3.63) is 29.2 Å². The molecule has 0 atom stereocenters. The van der Waals surface area contributed by atoms with Gasteiger partial charge in [-0.15, -0.1) is 0 Å². The average molecular weight is 291 g/mol. The second kappa shape index (κ2) is 5.39. The van der Waals surface area contributed by atoms with E-state index < -0.39 is 11.9 Å². The minimum Gasteiger partial charge on any atom is -0.478 e. The topological polar surface area (TPSA) is 102 Å². The quantitative estimate of drug-likeness (QED) is 0.887. The number of hydrogen-bond acceptors (Lipinski definition) is 4. The Kier molecular flexibility index (Phi) is 3.79. The number of aromatic nitrogens is 4. The molecule has 2 N–H and O–H groups in total. The van der Waals surface area contributed by atoms with E-state index in [9.17, 15) is 9.59 Å². The standard InChI is InChI=1S/C13H17N5O3/c1-7(2)18-10(5-8(3)16-18)15-12(19)11-9(13(20)21)6-14-17(11)4/h5-7H,1-4H3,(H,15,19)(H,20,21). The van der Waals surface area contributed by atoms with Crippen molar-refractivity contribution < 1.29 is 14.7 Å². The van der Waals surface area contributed by atoms with Crippen LogP contribution in [0.3, 0.4) is 0 Å². The van der Waals surface area contributed by atoms with E-state index in [1.165, 1.54) is 11.7 Å². The van der Waals surface area contributed by atoms with Gasteiger partial charge in [-0.05, 0) is 20.8 Å². The number of carbonyl (C=O) groups is 2. The molecule has 0 radical (unpaired) electrons. The van der Waals surface area contributed by atoms with Gasteiger partial charge >= 0.3 is 5.97 Å². The Morgan fingerprint density at radius 1 is 1.38 bits per heavy atom. The summed E-state index contributed by atoms with van der Waals surface area (Å²) in [5, 5.41) is 19.9. The maximum atomic E-state index is 12.3. The van der Waals surface area contributed by atoms with Gasteiger partial charge in [-0.3, -0.25) is 9.48 Å².